The summed E-state index contributed by atoms with van der Waals surface area (Å²) in [5.41, 5.74) is 1.90. The Labute approximate surface area is 81.9 Å². The molecular weight excluding hydrogens is 160 g/mol. The predicted molar refractivity (Wildman–Crippen MR) is 56.5 cm³/mol. The molecule has 0 amide bonds. The summed E-state index contributed by atoms with van der Waals surface area (Å²) in [5.74, 6) is 1.46. The topological polar surface area (TPSA) is 20.2 Å². The zero-order valence-corrected chi connectivity index (χ0v) is 9.30. The first kappa shape index (κ1) is 10.8. The Morgan fingerprint density at radius 2 is 1.77 bits per heavy atom. The zero-order valence-electron chi connectivity index (χ0n) is 9.30. The van der Waals surface area contributed by atoms with E-state index >= 15 is 0 Å². The highest BCUT2D eigenvalue weighted by atomic mass is 16.2. The first-order valence-electron chi connectivity index (χ1n) is 5.27. The minimum absolute atomic E-state index is 0.204. The van der Waals surface area contributed by atoms with E-state index in [1.165, 1.54) is 5.57 Å². The first-order chi connectivity index (χ1) is 5.98. The Morgan fingerprint density at radius 1 is 1.31 bits per heavy atom. The Balaban J connectivity index is 2.73. The van der Waals surface area contributed by atoms with Crippen molar-refractivity contribution < 1.29 is 5.11 Å². The van der Waals surface area contributed by atoms with E-state index in [9.17, 15) is 0 Å². The molecule has 1 rings (SSSR count). The average Bonchev–Trinajstić information content (AvgIpc) is 2.02. The Kier molecular flexibility index (Phi) is 3.18. The molecule has 1 aliphatic carbocycles. The lowest BCUT2D eigenvalue weighted by atomic mass is 9.62. The molecule has 1 fully saturated rings. The van der Waals surface area contributed by atoms with Crippen LogP contribution in [0.15, 0.2) is 11.6 Å². The lowest BCUT2D eigenvalue weighted by Crippen LogP contribution is -2.34. The molecule has 2 atom stereocenters. The van der Waals surface area contributed by atoms with E-state index in [1.54, 1.807) is 0 Å². The van der Waals surface area contributed by atoms with Crippen molar-refractivity contribution in [2.24, 2.45) is 17.3 Å². The van der Waals surface area contributed by atoms with Crippen LogP contribution in [0.3, 0.4) is 0 Å². The maximum atomic E-state index is 8.84. The van der Waals surface area contributed by atoms with Gasteiger partial charge in [-0.3, -0.25) is 0 Å². The molecule has 0 unspecified atom stereocenters. The van der Waals surface area contributed by atoms with Crippen LogP contribution in [-0.4, -0.2) is 11.7 Å². The van der Waals surface area contributed by atoms with E-state index in [4.69, 9.17) is 5.11 Å². The third-order valence-electron chi connectivity index (χ3n) is 4.06. The molecule has 0 saturated heterocycles. The van der Waals surface area contributed by atoms with Gasteiger partial charge < -0.3 is 5.11 Å². The third kappa shape index (κ3) is 2.14. The van der Waals surface area contributed by atoms with Gasteiger partial charge in [0.15, 0.2) is 0 Å². The van der Waals surface area contributed by atoms with Gasteiger partial charge in [0.2, 0.25) is 0 Å². The van der Waals surface area contributed by atoms with Crippen molar-refractivity contribution in [3.8, 4) is 0 Å². The minimum atomic E-state index is 0.204. The molecule has 1 nitrogen and oxygen atoms in total. The summed E-state index contributed by atoms with van der Waals surface area (Å²) in [4.78, 5) is 0. The van der Waals surface area contributed by atoms with Crippen LogP contribution in [0.2, 0.25) is 0 Å². The van der Waals surface area contributed by atoms with Crippen LogP contribution in [-0.2, 0) is 0 Å². The van der Waals surface area contributed by atoms with E-state index in [0.29, 0.717) is 5.41 Å². The van der Waals surface area contributed by atoms with Crippen LogP contribution in [0.25, 0.3) is 0 Å². The summed E-state index contributed by atoms with van der Waals surface area (Å²) in [6, 6.07) is 0. The predicted octanol–water partition coefficient (Wildman–Crippen LogP) is 3.00. The second kappa shape index (κ2) is 3.83. The SMILES string of the molecule is C[C@@H]1CC(=CCO)C[C@@H](C)C1(C)C. The molecule has 0 spiro atoms. The summed E-state index contributed by atoms with van der Waals surface area (Å²) >= 11 is 0. The Hall–Kier alpha value is -0.300. The standard InChI is InChI=1S/C12H22O/c1-9-7-11(5-6-13)8-10(2)12(9,3)4/h5,9-10,13H,6-8H2,1-4H3/t9-,10-/m1/s1. The fourth-order valence-corrected chi connectivity index (χ4v) is 2.18. The summed E-state index contributed by atoms with van der Waals surface area (Å²) in [7, 11) is 0. The van der Waals surface area contributed by atoms with Gasteiger partial charge in [-0.05, 0) is 30.1 Å². The monoisotopic (exact) mass is 182 g/mol. The normalized spacial score (nSPS) is 33.2. The van der Waals surface area contributed by atoms with Crippen molar-refractivity contribution in [3.05, 3.63) is 11.6 Å². The van der Waals surface area contributed by atoms with Crippen molar-refractivity contribution in [1.82, 2.24) is 0 Å². The highest BCUT2D eigenvalue weighted by Crippen LogP contribution is 2.46. The number of rotatable bonds is 1. The third-order valence-corrected chi connectivity index (χ3v) is 4.06. The van der Waals surface area contributed by atoms with E-state index in [0.717, 1.165) is 24.7 Å². The van der Waals surface area contributed by atoms with Gasteiger partial charge in [0.05, 0.1) is 6.61 Å². The molecule has 0 aromatic heterocycles. The van der Waals surface area contributed by atoms with Crippen molar-refractivity contribution in [2.45, 2.75) is 40.5 Å². The quantitative estimate of drug-likeness (QED) is 0.618. The lowest BCUT2D eigenvalue weighted by Gasteiger charge is -2.43. The second-order valence-corrected chi connectivity index (χ2v) is 5.08. The maximum Gasteiger partial charge on any atom is 0.0615 e. The Bertz CT molecular complexity index is 187. The number of aliphatic hydroxyl groups excluding tert-OH is 1. The summed E-state index contributed by atoms with van der Waals surface area (Å²) in [6.45, 7) is 9.56. The van der Waals surface area contributed by atoms with Crippen LogP contribution in [0.4, 0.5) is 0 Å². The Morgan fingerprint density at radius 3 is 2.15 bits per heavy atom. The second-order valence-electron chi connectivity index (χ2n) is 5.08. The van der Waals surface area contributed by atoms with Crippen LogP contribution >= 0.6 is 0 Å². The molecule has 13 heavy (non-hydrogen) atoms. The van der Waals surface area contributed by atoms with Gasteiger partial charge >= 0.3 is 0 Å². The summed E-state index contributed by atoms with van der Waals surface area (Å²) < 4.78 is 0. The van der Waals surface area contributed by atoms with Gasteiger partial charge in [0.1, 0.15) is 0 Å². The number of allylic oxidation sites excluding steroid dienone is 1. The fourth-order valence-electron chi connectivity index (χ4n) is 2.18. The van der Waals surface area contributed by atoms with Crippen molar-refractivity contribution in [2.75, 3.05) is 6.61 Å². The number of hydrogen-bond acceptors (Lipinski definition) is 1. The van der Waals surface area contributed by atoms with Gasteiger partial charge in [0, 0.05) is 0 Å². The zero-order chi connectivity index (χ0) is 10.1. The van der Waals surface area contributed by atoms with Crippen LogP contribution < -0.4 is 0 Å². The molecule has 1 heteroatoms. The molecule has 0 radical (unpaired) electrons. The van der Waals surface area contributed by atoms with Gasteiger partial charge in [-0.1, -0.05) is 39.3 Å². The molecule has 0 aromatic carbocycles. The van der Waals surface area contributed by atoms with Crippen molar-refractivity contribution in [1.29, 1.82) is 0 Å². The van der Waals surface area contributed by atoms with Gasteiger partial charge in [-0.15, -0.1) is 0 Å². The number of hydrogen-bond donors (Lipinski definition) is 1. The van der Waals surface area contributed by atoms with Crippen molar-refractivity contribution in [3.63, 3.8) is 0 Å². The van der Waals surface area contributed by atoms with Gasteiger partial charge in [0.25, 0.3) is 0 Å². The van der Waals surface area contributed by atoms with E-state index in [-0.39, 0.29) is 6.61 Å². The molecule has 1 N–H and O–H groups in total. The number of aliphatic hydroxyl groups is 1. The van der Waals surface area contributed by atoms with Crippen LogP contribution in [0.1, 0.15) is 40.5 Å². The molecule has 76 valence electrons. The van der Waals surface area contributed by atoms with Gasteiger partial charge in [-0.2, -0.15) is 0 Å². The van der Waals surface area contributed by atoms with E-state index < -0.39 is 0 Å². The molecule has 1 saturated carbocycles. The lowest BCUT2D eigenvalue weighted by molar-refractivity contribution is 0.110. The van der Waals surface area contributed by atoms with Crippen LogP contribution in [0, 0.1) is 17.3 Å². The molecular formula is C12H22O. The van der Waals surface area contributed by atoms with Crippen molar-refractivity contribution >= 4 is 0 Å². The molecule has 0 heterocycles. The minimum Gasteiger partial charge on any atom is -0.392 e. The van der Waals surface area contributed by atoms with E-state index in [2.05, 4.69) is 27.7 Å². The molecule has 0 bridgehead atoms. The molecule has 1 aliphatic rings. The van der Waals surface area contributed by atoms with Crippen LogP contribution in [0.5, 0.6) is 0 Å². The smallest absolute Gasteiger partial charge is 0.0615 e. The largest absolute Gasteiger partial charge is 0.392 e. The summed E-state index contributed by atoms with van der Waals surface area (Å²) in [6.07, 6.45) is 4.32. The fraction of sp³-hybridized carbons (Fsp3) is 0.833. The maximum absolute atomic E-state index is 8.84. The highest BCUT2D eigenvalue weighted by Gasteiger charge is 2.36. The summed E-state index contributed by atoms with van der Waals surface area (Å²) in [5, 5.41) is 8.84. The highest BCUT2D eigenvalue weighted by molar-refractivity contribution is 5.10. The van der Waals surface area contributed by atoms with Gasteiger partial charge in [-0.25, -0.2) is 0 Å². The first-order valence-corrected chi connectivity index (χ1v) is 5.27. The average molecular weight is 182 g/mol. The van der Waals surface area contributed by atoms with E-state index in [1.807, 2.05) is 6.08 Å². The molecule has 0 aromatic rings. The molecule has 0 aliphatic heterocycles.